The maximum Gasteiger partial charge on any atom is 0.182 e. The molecular weight excluding hydrogens is 573 g/mol. The molecule has 4 nitrogen and oxygen atoms in total. The lowest BCUT2D eigenvalue weighted by Gasteiger charge is -2.24. The minimum Gasteiger partial charge on any atom is -0.253 e. The highest BCUT2D eigenvalue weighted by atomic mass is 15.0. The maximum absolute atomic E-state index is 5.05. The quantitative estimate of drug-likeness (QED) is 0.201. The Hall–Kier alpha value is -5.48. The van der Waals surface area contributed by atoms with Crippen LogP contribution in [-0.4, -0.2) is 19.9 Å². The molecule has 47 heavy (non-hydrogen) atoms. The van der Waals surface area contributed by atoms with Crippen LogP contribution in [0.1, 0.15) is 61.7 Å². The fourth-order valence-corrected chi connectivity index (χ4v) is 7.98. The molecule has 2 heterocycles. The molecule has 1 atom stereocenters. The molecule has 226 valence electrons. The number of hydrogen-bond donors (Lipinski definition) is 0. The molecule has 0 aliphatic heterocycles. The summed E-state index contributed by atoms with van der Waals surface area (Å²) in [6.45, 7) is 13.7. The molecule has 4 heteroatoms. The number of pyridine rings is 1. The second-order valence-corrected chi connectivity index (χ2v) is 14.0. The van der Waals surface area contributed by atoms with Crippen LogP contribution in [0.4, 0.5) is 0 Å². The predicted octanol–water partition coefficient (Wildman–Crippen LogP) is 10.1. The van der Waals surface area contributed by atoms with Gasteiger partial charge < -0.3 is 0 Å². The summed E-state index contributed by atoms with van der Waals surface area (Å²) in [6, 6.07) is 30.9. The zero-order chi connectivity index (χ0) is 32.1. The Labute approximate surface area is 275 Å². The number of hydrogen-bond acceptors (Lipinski definition) is 4. The van der Waals surface area contributed by atoms with Crippen molar-refractivity contribution in [3.63, 3.8) is 0 Å². The highest BCUT2D eigenvalue weighted by molar-refractivity contribution is 6.03. The van der Waals surface area contributed by atoms with Crippen LogP contribution in [0.5, 0.6) is 0 Å². The highest BCUT2D eigenvalue weighted by Gasteiger charge is 2.42. The Morgan fingerprint density at radius 1 is 0.638 bits per heavy atom. The summed E-state index contributed by atoms with van der Waals surface area (Å²) < 4.78 is 0. The van der Waals surface area contributed by atoms with Crippen LogP contribution >= 0.6 is 0 Å². The third-order valence-electron chi connectivity index (χ3n) is 10.6. The van der Waals surface area contributed by atoms with E-state index in [1.165, 1.54) is 55.3 Å². The van der Waals surface area contributed by atoms with Crippen molar-refractivity contribution in [1.29, 1.82) is 0 Å². The van der Waals surface area contributed by atoms with Crippen LogP contribution in [0.15, 0.2) is 128 Å². The molecule has 3 aliphatic carbocycles. The van der Waals surface area contributed by atoms with E-state index in [0.717, 1.165) is 16.8 Å². The molecule has 2 aromatic heterocycles. The van der Waals surface area contributed by atoms with E-state index < -0.39 is 0 Å². The largest absolute Gasteiger partial charge is 0.253 e. The third kappa shape index (κ3) is 4.01. The van der Waals surface area contributed by atoms with Gasteiger partial charge in [0, 0.05) is 22.6 Å². The number of allylic oxidation sites excluding steroid dienone is 5. The van der Waals surface area contributed by atoms with Gasteiger partial charge in [0.05, 0.1) is 5.92 Å². The molecular formula is C43H34N4. The number of rotatable bonds is 3. The van der Waals surface area contributed by atoms with Gasteiger partial charge in [-0.1, -0.05) is 113 Å². The first kappa shape index (κ1) is 27.8. The first-order valence-corrected chi connectivity index (χ1v) is 16.3. The van der Waals surface area contributed by atoms with Crippen molar-refractivity contribution >= 4 is 10.8 Å². The van der Waals surface area contributed by atoms with Crippen LogP contribution < -0.4 is 0 Å². The lowest BCUT2D eigenvalue weighted by atomic mass is 9.79. The first-order chi connectivity index (χ1) is 22.7. The standard InChI is InChI=1S/C43H34N4/c1-25-12-6-8-14-28(25)40-45-39(46-41(47-40)37-16-10-11-21-44-37)27-17-19-30-31-23-36-32(24-35(31)43(4,5)34(30)22-27)38-29-15-9-7-13-26(29)18-20-33(38)42(36,2)3/h6-24,28H,1H2,2-5H3. The van der Waals surface area contributed by atoms with Crippen molar-refractivity contribution in [2.75, 3.05) is 0 Å². The predicted molar refractivity (Wildman–Crippen MR) is 191 cm³/mol. The van der Waals surface area contributed by atoms with Crippen LogP contribution in [-0.2, 0) is 10.8 Å². The Kier molecular flexibility index (Phi) is 5.77. The summed E-state index contributed by atoms with van der Waals surface area (Å²) in [5.74, 6) is 1.76. The van der Waals surface area contributed by atoms with Gasteiger partial charge in [-0.25, -0.2) is 15.0 Å². The van der Waals surface area contributed by atoms with E-state index in [9.17, 15) is 0 Å². The molecule has 6 aromatic rings. The number of nitrogens with zero attached hydrogens (tertiary/aromatic N) is 4. The van der Waals surface area contributed by atoms with Crippen molar-refractivity contribution in [1.82, 2.24) is 19.9 Å². The van der Waals surface area contributed by atoms with Gasteiger partial charge in [0.2, 0.25) is 0 Å². The molecule has 0 N–H and O–H groups in total. The van der Waals surface area contributed by atoms with Crippen LogP contribution in [0.3, 0.4) is 0 Å². The van der Waals surface area contributed by atoms with Crippen molar-refractivity contribution in [2.45, 2.75) is 44.4 Å². The Bertz CT molecular complexity index is 2380. The molecule has 0 spiro atoms. The summed E-state index contributed by atoms with van der Waals surface area (Å²) >= 11 is 0. The minimum atomic E-state index is -0.210. The van der Waals surface area contributed by atoms with Crippen molar-refractivity contribution in [3.8, 4) is 45.2 Å². The molecule has 0 bridgehead atoms. The summed E-state index contributed by atoms with van der Waals surface area (Å²) in [5, 5.41) is 2.61. The highest BCUT2D eigenvalue weighted by Crippen LogP contribution is 2.57. The van der Waals surface area contributed by atoms with E-state index in [1.807, 2.05) is 36.4 Å². The van der Waals surface area contributed by atoms with Crippen LogP contribution in [0, 0.1) is 0 Å². The third-order valence-corrected chi connectivity index (χ3v) is 10.6. The Balaban J connectivity index is 1.20. The fraction of sp³-hybridized carbons (Fsp3) is 0.163. The van der Waals surface area contributed by atoms with Gasteiger partial charge in [-0.15, -0.1) is 0 Å². The topological polar surface area (TPSA) is 51.6 Å². The molecule has 0 saturated carbocycles. The second-order valence-electron chi connectivity index (χ2n) is 14.0. The number of aromatic nitrogens is 4. The van der Waals surface area contributed by atoms with Gasteiger partial charge in [-0.3, -0.25) is 4.98 Å². The van der Waals surface area contributed by atoms with E-state index in [-0.39, 0.29) is 16.7 Å². The molecule has 0 fully saturated rings. The Morgan fingerprint density at radius 3 is 2.21 bits per heavy atom. The molecule has 1 unspecified atom stereocenters. The van der Waals surface area contributed by atoms with Gasteiger partial charge in [-0.2, -0.15) is 0 Å². The summed E-state index contributed by atoms with van der Waals surface area (Å²) in [4.78, 5) is 19.5. The molecule has 0 saturated heterocycles. The zero-order valence-electron chi connectivity index (χ0n) is 27.0. The summed E-state index contributed by atoms with van der Waals surface area (Å²) in [5.41, 5.74) is 13.1. The van der Waals surface area contributed by atoms with Crippen molar-refractivity contribution in [2.24, 2.45) is 0 Å². The van der Waals surface area contributed by atoms with E-state index in [4.69, 9.17) is 15.0 Å². The van der Waals surface area contributed by atoms with Gasteiger partial charge in [0.25, 0.3) is 0 Å². The lowest BCUT2D eigenvalue weighted by molar-refractivity contribution is 0.652. The van der Waals surface area contributed by atoms with E-state index >= 15 is 0 Å². The van der Waals surface area contributed by atoms with Gasteiger partial charge in [0.1, 0.15) is 11.5 Å². The molecule has 0 amide bonds. The van der Waals surface area contributed by atoms with Crippen molar-refractivity contribution < 1.29 is 0 Å². The smallest absolute Gasteiger partial charge is 0.182 e. The average Bonchev–Trinajstić information content (AvgIpc) is 3.46. The Morgan fingerprint density at radius 2 is 1.38 bits per heavy atom. The number of benzene rings is 4. The van der Waals surface area contributed by atoms with Gasteiger partial charge in [0.15, 0.2) is 11.6 Å². The first-order valence-electron chi connectivity index (χ1n) is 16.3. The normalized spacial score (nSPS) is 17.8. The maximum atomic E-state index is 5.05. The monoisotopic (exact) mass is 606 g/mol. The van der Waals surface area contributed by atoms with Gasteiger partial charge >= 0.3 is 0 Å². The SMILES string of the molecule is C=C1C=CC=CC1c1nc(-c2ccc3c(c2)C(C)(C)c2cc4c(cc2-3)C(C)(C)c2ccc3ccccc3c2-4)nc(-c2ccccn2)n1. The van der Waals surface area contributed by atoms with Crippen molar-refractivity contribution in [3.05, 3.63) is 156 Å². The second kappa shape index (κ2) is 9.76. The van der Waals surface area contributed by atoms with E-state index in [0.29, 0.717) is 17.5 Å². The molecule has 0 radical (unpaired) electrons. The molecule has 3 aliphatic rings. The average molecular weight is 607 g/mol. The lowest BCUT2D eigenvalue weighted by Crippen LogP contribution is -2.17. The minimum absolute atomic E-state index is 0.0908. The zero-order valence-corrected chi connectivity index (χ0v) is 27.0. The van der Waals surface area contributed by atoms with Crippen LogP contribution in [0.25, 0.3) is 55.9 Å². The van der Waals surface area contributed by atoms with Gasteiger partial charge in [-0.05, 0) is 91.2 Å². The van der Waals surface area contributed by atoms with Crippen LogP contribution in [0.2, 0.25) is 0 Å². The fourth-order valence-electron chi connectivity index (χ4n) is 7.98. The number of fused-ring (bicyclic) bond motifs is 8. The molecule has 4 aromatic carbocycles. The molecule has 9 rings (SSSR count). The van der Waals surface area contributed by atoms with E-state index in [2.05, 4.69) is 112 Å². The van der Waals surface area contributed by atoms with E-state index in [1.54, 1.807) is 6.20 Å². The summed E-state index contributed by atoms with van der Waals surface area (Å²) in [6.07, 6.45) is 9.91. The summed E-state index contributed by atoms with van der Waals surface area (Å²) in [7, 11) is 0.